The molecule has 3 nitrogen and oxygen atoms in total. The molecule has 0 unspecified atom stereocenters. The van der Waals surface area contributed by atoms with Crippen LogP contribution in [-0.2, 0) is 11.3 Å². The van der Waals surface area contributed by atoms with Crippen molar-refractivity contribution in [1.82, 2.24) is 0 Å². The Hall–Kier alpha value is -0.710. The molecule has 4 heteroatoms. The number of alkyl halides is 1. The Morgan fingerprint density at radius 2 is 2.19 bits per heavy atom. The summed E-state index contributed by atoms with van der Waals surface area (Å²) in [7, 11) is 0. The Morgan fingerprint density at radius 3 is 2.81 bits per heavy atom. The van der Waals surface area contributed by atoms with Crippen LogP contribution in [0.5, 0.6) is 0 Å². The Labute approximate surface area is 104 Å². The van der Waals surface area contributed by atoms with Crippen LogP contribution in [0.2, 0.25) is 0 Å². The van der Waals surface area contributed by atoms with Crippen molar-refractivity contribution in [3.8, 4) is 0 Å². The molecule has 0 saturated heterocycles. The molecule has 1 rings (SSSR count). The summed E-state index contributed by atoms with van der Waals surface area (Å²) in [5, 5.41) is 9.36. The number of hydrogen-bond acceptors (Lipinski definition) is 3. The van der Waals surface area contributed by atoms with Gasteiger partial charge < -0.3 is 9.84 Å². The number of halogens is 1. The SMILES string of the molecule is C[C@@H](O)COCc1ccccc1C(=O)CBr. The Kier molecular flexibility index (Phi) is 5.66. The van der Waals surface area contributed by atoms with E-state index in [0.29, 0.717) is 17.5 Å². The average Bonchev–Trinajstić information content (AvgIpc) is 2.28. The van der Waals surface area contributed by atoms with Crippen molar-refractivity contribution in [3.63, 3.8) is 0 Å². The number of ether oxygens (including phenoxy) is 1. The van der Waals surface area contributed by atoms with E-state index >= 15 is 0 Å². The molecule has 0 saturated carbocycles. The number of benzene rings is 1. The molecule has 0 aliphatic rings. The lowest BCUT2D eigenvalue weighted by Crippen LogP contribution is -2.12. The highest BCUT2D eigenvalue weighted by Crippen LogP contribution is 2.12. The smallest absolute Gasteiger partial charge is 0.173 e. The second kappa shape index (κ2) is 6.78. The van der Waals surface area contributed by atoms with Crippen LogP contribution in [0.25, 0.3) is 0 Å². The summed E-state index contributed by atoms with van der Waals surface area (Å²) < 4.78 is 5.30. The Bertz CT molecular complexity index is 350. The van der Waals surface area contributed by atoms with Crippen molar-refractivity contribution in [2.24, 2.45) is 0 Å². The van der Waals surface area contributed by atoms with Gasteiger partial charge in [0.25, 0.3) is 0 Å². The summed E-state index contributed by atoms with van der Waals surface area (Å²) in [5.41, 5.74) is 1.53. The zero-order valence-electron chi connectivity index (χ0n) is 9.15. The second-order valence-corrected chi connectivity index (χ2v) is 4.14. The third-order valence-electron chi connectivity index (χ3n) is 2.06. The molecule has 0 aliphatic carbocycles. The van der Waals surface area contributed by atoms with Crippen LogP contribution in [0.3, 0.4) is 0 Å². The molecule has 0 aromatic heterocycles. The van der Waals surface area contributed by atoms with Crippen molar-refractivity contribution >= 4 is 21.7 Å². The maximum atomic E-state index is 11.6. The van der Waals surface area contributed by atoms with Gasteiger partial charge in [-0.3, -0.25) is 4.79 Å². The van der Waals surface area contributed by atoms with Crippen molar-refractivity contribution in [2.75, 3.05) is 11.9 Å². The first-order chi connectivity index (χ1) is 7.65. The lowest BCUT2D eigenvalue weighted by atomic mass is 10.1. The van der Waals surface area contributed by atoms with Gasteiger partial charge >= 0.3 is 0 Å². The predicted octanol–water partition coefficient (Wildman–Crippen LogP) is 2.16. The van der Waals surface area contributed by atoms with Gasteiger partial charge in [-0.2, -0.15) is 0 Å². The van der Waals surface area contributed by atoms with Gasteiger partial charge in [-0.1, -0.05) is 40.2 Å². The first-order valence-corrected chi connectivity index (χ1v) is 6.20. The van der Waals surface area contributed by atoms with Gasteiger partial charge in [-0.15, -0.1) is 0 Å². The molecule has 1 aromatic carbocycles. The molecule has 0 fully saturated rings. The quantitative estimate of drug-likeness (QED) is 0.644. The van der Waals surface area contributed by atoms with Crippen LogP contribution < -0.4 is 0 Å². The van der Waals surface area contributed by atoms with E-state index in [4.69, 9.17) is 9.84 Å². The van der Waals surface area contributed by atoms with E-state index in [-0.39, 0.29) is 12.4 Å². The number of hydrogen-bond donors (Lipinski definition) is 1. The van der Waals surface area contributed by atoms with Crippen LogP contribution in [0.4, 0.5) is 0 Å². The predicted molar refractivity (Wildman–Crippen MR) is 65.9 cm³/mol. The molecule has 1 N–H and O–H groups in total. The first kappa shape index (κ1) is 13.4. The molecule has 16 heavy (non-hydrogen) atoms. The lowest BCUT2D eigenvalue weighted by molar-refractivity contribution is 0.0373. The van der Waals surface area contributed by atoms with E-state index in [0.717, 1.165) is 5.56 Å². The summed E-state index contributed by atoms with van der Waals surface area (Å²) in [6.45, 7) is 2.28. The van der Waals surface area contributed by atoms with Crippen LogP contribution in [-0.4, -0.2) is 28.9 Å². The minimum atomic E-state index is -0.487. The normalized spacial score (nSPS) is 12.4. The minimum absolute atomic E-state index is 0.0382. The largest absolute Gasteiger partial charge is 0.391 e. The number of aliphatic hydroxyl groups excluding tert-OH is 1. The van der Waals surface area contributed by atoms with Crippen molar-refractivity contribution in [3.05, 3.63) is 35.4 Å². The molecule has 0 amide bonds. The van der Waals surface area contributed by atoms with Gasteiger partial charge in [0.2, 0.25) is 0 Å². The van der Waals surface area contributed by atoms with E-state index in [9.17, 15) is 4.79 Å². The number of carbonyl (C=O) groups excluding carboxylic acids is 1. The Morgan fingerprint density at radius 1 is 1.50 bits per heavy atom. The molecule has 88 valence electrons. The highest BCUT2D eigenvalue weighted by atomic mass is 79.9. The summed E-state index contributed by atoms with van der Waals surface area (Å²) in [6, 6.07) is 7.34. The van der Waals surface area contributed by atoms with Gasteiger partial charge in [0.05, 0.1) is 24.6 Å². The zero-order chi connectivity index (χ0) is 12.0. The van der Waals surface area contributed by atoms with Gasteiger partial charge in [0.15, 0.2) is 5.78 Å². The molecule has 1 aromatic rings. The monoisotopic (exact) mass is 286 g/mol. The third kappa shape index (κ3) is 4.04. The van der Waals surface area contributed by atoms with E-state index in [1.807, 2.05) is 18.2 Å². The first-order valence-electron chi connectivity index (χ1n) is 5.08. The highest BCUT2D eigenvalue weighted by molar-refractivity contribution is 9.09. The summed E-state index contributed by atoms with van der Waals surface area (Å²) >= 11 is 3.15. The van der Waals surface area contributed by atoms with Crippen LogP contribution in [0.1, 0.15) is 22.8 Å². The minimum Gasteiger partial charge on any atom is -0.391 e. The lowest BCUT2D eigenvalue weighted by Gasteiger charge is -2.09. The molecule has 0 bridgehead atoms. The maximum Gasteiger partial charge on any atom is 0.173 e. The maximum absolute atomic E-state index is 11.6. The molecule has 0 spiro atoms. The zero-order valence-corrected chi connectivity index (χ0v) is 10.7. The fourth-order valence-electron chi connectivity index (χ4n) is 1.33. The molecule has 1 atom stereocenters. The molecule has 0 radical (unpaired) electrons. The van der Waals surface area contributed by atoms with E-state index in [1.54, 1.807) is 13.0 Å². The van der Waals surface area contributed by atoms with Crippen LogP contribution in [0.15, 0.2) is 24.3 Å². The molecule has 0 heterocycles. The van der Waals surface area contributed by atoms with Gasteiger partial charge in [0, 0.05) is 5.56 Å². The van der Waals surface area contributed by atoms with Crippen LogP contribution in [0, 0.1) is 0 Å². The van der Waals surface area contributed by atoms with E-state index in [1.165, 1.54) is 0 Å². The van der Waals surface area contributed by atoms with E-state index in [2.05, 4.69) is 15.9 Å². The standard InChI is InChI=1S/C12H15BrO3/c1-9(14)7-16-8-10-4-2-3-5-11(10)12(15)6-13/h2-5,9,14H,6-8H2,1H3/t9-/m1/s1. The summed E-state index contributed by atoms with van der Waals surface area (Å²) in [5.74, 6) is 0.0382. The summed E-state index contributed by atoms with van der Waals surface area (Å²) in [6.07, 6.45) is -0.487. The van der Waals surface area contributed by atoms with Gasteiger partial charge in [-0.25, -0.2) is 0 Å². The van der Waals surface area contributed by atoms with Crippen LogP contribution >= 0.6 is 15.9 Å². The number of aliphatic hydroxyl groups is 1. The highest BCUT2D eigenvalue weighted by Gasteiger charge is 2.09. The topological polar surface area (TPSA) is 46.5 Å². The van der Waals surface area contributed by atoms with Crippen molar-refractivity contribution in [2.45, 2.75) is 19.6 Å². The number of carbonyl (C=O) groups is 1. The fraction of sp³-hybridized carbons (Fsp3) is 0.417. The average molecular weight is 287 g/mol. The van der Waals surface area contributed by atoms with Gasteiger partial charge in [-0.05, 0) is 12.5 Å². The van der Waals surface area contributed by atoms with Gasteiger partial charge in [0.1, 0.15) is 0 Å². The second-order valence-electron chi connectivity index (χ2n) is 3.58. The molecular weight excluding hydrogens is 272 g/mol. The van der Waals surface area contributed by atoms with Crippen molar-refractivity contribution in [1.29, 1.82) is 0 Å². The fourth-order valence-corrected chi connectivity index (χ4v) is 1.63. The number of Topliss-reactive ketones (excluding diaryl/α,β-unsaturated/α-hetero) is 1. The molecular formula is C12H15BrO3. The van der Waals surface area contributed by atoms with E-state index < -0.39 is 6.10 Å². The number of ketones is 1. The third-order valence-corrected chi connectivity index (χ3v) is 2.57. The summed E-state index contributed by atoms with van der Waals surface area (Å²) in [4.78, 5) is 11.6. The number of rotatable bonds is 6. The Balaban J connectivity index is 2.67. The van der Waals surface area contributed by atoms with Crippen molar-refractivity contribution < 1.29 is 14.6 Å². The molecule has 0 aliphatic heterocycles.